The average molecular weight is 310 g/mol. The Balaban J connectivity index is 2.63. The minimum atomic E-state index is -1.57. The van der Waals surface area contributed by atoms with Gasteiger partial charge in [-0.05, 0) is 25.0 Å². The highest BCUT2D eigenvalue weighted by molar-refractivity contribution is 9.09. The third-order valence-corrected chi connectivity index (χ3v) is 2.65. The second kappa shape index (κ2) is 6.64. The first-order valence-corrected chi connectivity index (χ1v) is 6.17. The fraction of sp³-hybridized carbons (Fsp3) is 0.364. The molecule has 0 aromatic heterocycles. The molecule has 0 saturated carbocycles. The lowest BCUT2D eigenvalue weighted by Gasteiger charge is -2.05. The summed E-state index contributed by atoms with van der Waals surface area (Å²) in [5, 5.41) is 3.31. The van der Waals surface area contributed by atoms with Crippen LogP contribution < -0.4 is 5.32 Å². The predicted molar refractivity (Wildman–Crippen MR) is 61.7 cm³/mol. The number of alkyl halides is 1. The van der Waals surface area contributed by atoms with E-state index < -0.39 is 23.4 Å². The third-order valence-electron chi connectivity index (χ3n) is 2.09. The van der Waals surface area contributed by atoms with Crippen molar-refractivity contribution in [2.45, 2.75) is 12.8 Å². The van der Waals surface area contributed by atoms with Crippen LogP contribution >= 0.6 is 15.9 Å². The fourth-order valence-electron chi connectivity index (χ4n) is 1.21. The van der Waals surface area contributed by atoms with Gasteiger partial charge in [-0.15, -0.1) is 0 Å². The fourth-order valence-corrected chi connectivity index (χ4v) is 1.61. The third kappa shape index (κ3) is 4.03. The molecule has 0 aliphatic carbocycles. The van der Waals surface area contributed by atoms with Gasteiger partial charge < -0.3 is 5.32 Å². The summed E-state index contributed by atoms with van der Waals surface area (Å²) in [4.78, 5) is 11.4. The predicted octanol–water partition coefficient (Wildman–Crippen LogP) is 3.01. The first-order chi connectivity index (χ1) is 8.06. The monoisotopic (exact) mass is 309 g/mol. The molecule has 2 nitrogen and oxygen atoms in total. The molecule has 0 aliphatic rings. The number of amides is 1. The van der Waals surface area contributed by atoms with Gasteiger partial charge >= 0.3 is 0 Å². The standard InChI is InChI=1S/C11H11BrF3NO/c12-3-1-2-4-16-11(17)7-5-8(13)10(15)9(14)6-7/h5-6H,1-4H2,(H,16,17). The van der Waals surface area contributed by atoms with E-state index in [1.807, 2.05) is 0 Å². The van der Waals surface area contributed by atoms with Crippen molar-refractivity contribution >= 4 is 21.8 Å². The summed E-state index contributed by atoms with van der Waals surface area (Å²) in [6.45, 7) is 0.408. The summed E-state index contributed by atoms with van der Waals surface area (Å²) in [5.74, 6) is -4.91. The number of benzene rings is 1. The highest BCUT2D eigenvalue weighted by atomic mass is 79.9. The van der Waals surface area contributed by atoms with Crippen molar-refractivity contribution < 1.29 is 18.0 Å². The van der Waals surface area contributed by atoms with E-state index in [0.29, 0.717) is 18.7 Å². The Morgan fingerprint density at radius 3 is 2.29 bits per heavy atom. The Labute approximate surface area is 105 Å². The Morgan fingerprint density at radius 2 is 1.76 bits per heavy atom. The zero-order valence-electron chi connectivity index (χ0n) is 8.90. The van der Waals surface area contributed by atoms with E-state index in [1.165, 1.54) is 0 Å². The van der Waals surface area contributed by atoms with E-state index in [1.54, 1.807) is 0 Å². The van der Waals surface area contributed by atoms with Crippen LogP contribution in [0.4, 0.5) is 13.2 Å². The van der Waals surface area contributed by atoms with Crippen LogP contribution in [0.1, 0.15) is 23.2 Å². The van der Waals surface area contributed by atoms with Crippen LogP contribution in [0.5, 0.6) is 0 Å². The lowest BCUT2D eigenvalue weighted by Crippen LogP contribution is -2.25. The van der Waals surface area contributed by atoms with Crippen molar-refractivity contribution in [2.75, 3.05) is 11.9 Å². The van der Waals surface area contributed by atoms with Crippen LogP contribution in [0.3, 0.4) is 0 Å². The van der Waals surface area contributed by atoms with Crippen LogP contribution in [0.25, 0.3) is 0 Å². The van der Waals surface area contributed by atoms with Gasteiger partial charge in [-0.3, -0.25) is 4.79 Å². The molecule has 1 aromatic carbocycles. The number of unbranched alkanes of at least 4 members (excludes halogenated alkanes) is 1. The topological polar surface area (TPSA) is 29.1 Å². The molecule has 0 bridgehead atoms. The van der Waals surface area contributed by atoms with Crippen molar-refractivity contribution in [1.29, 1.82) is 0 Å². The summed E-state index contributed by atoms with van der Waals surface area (Å²) < 4.78 is 38.3. The van der Waals surface area contributed by atoms with E-state index >= 15 is 0 Å². The molecule has 0 radical (unpaired) electrons. The maximum absolute atomic E-state index is 12.8. The van der Waals surface area contributed by atoms with Crippen molar-refractivity contribution in [3.8, 4) is 0 Å². The summed E-state index contributed by atoms with van der Waals surface area (Å²) in [7, 11) is 0. The van der Waals surface area contributed by atoms with Gasteiger partial charge in [-0.25, -0.2) is 13.2 Å². The van der Waals surface area contributed by atoms with Crippen molar-refractivity contribution in [1.82, 2.24) is 5.32 Å². The number of carbonyl (C=O) groups is 1. The molecule has 17 heavy (non-hydrogen) atoms. The van der Waals surface area contributed by atoms with E-state index in [-0.39, 0.29) is 5.56 Å². The molecule has 0 aliphatic heterocycles. The molecular formula is C11H11BrF3NO. The quantitative estimate of drug-likeness (QED) is 0.505. The zero-order chi connectivity index (χ0) is 12.8. The highest BCUT2D eigenvalue weighted by Crippen LogP contribution is 2.13. The van der Waals surface area contributed by atoms with Gasteiger partial charge in [0, 0.05) is 17.4 Å². The van der Waals surface area contributed by atoms with Crippen LogP contribution in [-0.2, 0) is 0 Å². The molecule has 0 spiro atoms. The number of nitrogens with one attached hydrogen (secondary N) is 1. The second-order valence-corrected chi connectivity index (χ2v) is 4.20. The molecule has 6 heteroatoms. The molecule has 0 saturated heterocycles. The summed E-state index contributed by atoms with van der Waals surface area (Å²) in [6, 6.07) is 1.36. The SMILES string of the molecule is O=C(NCCCCBr)c1cc(F)c(F)c(F)c1. The minimum absolute atomic E-state index is 0.222. The zero-order valence-corrected chi connectivity index (χ0v) is 10.5. The maximum atomic E-state index is 12.8. The molecule has 1 aromatic rings. The number of hydrogen-bond donors (Lipinski definition) is 1. The van der Waals surface area contributed by atoms with E-state index in [2.05, 4.69) is 21.2 Å². The Morgan fingerprint density at radius 1 is 1.18 bits per heavy atom. The molecule has 0 fully saturated rings. The second-order valence-electron chi connectivity index (χ2n) is 3.41. The lowest BCUT2D eigenvalue weighted by molar-refractivity contribution is 0.0952. The van der Waals surface area contributed by atoms with Crippen molar-refractivity contribution in [3.05, 3.63) is 35.1 Å². The maximum Gasteiger partial charge on any atom is 0.251 e. The highest BCUT2D eigenvalue weighted by Gasteiger charge is 2.14. The van der Waals surface area contributed by atoms with Crippen LogP contribution in [0.2, 0.25) is 0 Å². The molecule has 94 valence electrons. The lowest BCUT2D eigenvalue weighted by atomic mass is 10.2. The smallest absolute Gasteiger partial charge is 0.251 e. The Bertz CT molecular complexity index is 389. The molecule has 0 atom stereocenters. The molecular weight excluding hydrogens is 299 g/mol. The minimum Gasteiger partial charge on any atom is -0.352 e. The number of rotatable bonds is 5. The Hall–Kier alpha value is -1.04. The molecule has 1 N–H and O–H groups in total. The van der Waals surface area contributed by atoms with Crippen LogP contribution in [-0.4, -0.2) is 17.8 Å². The van der Waals surface area contributed by atoms with E-state index in [9.17, 15) is 18.0 Å². The van der Waals surface area contributed by atoms with Gasteiger partial charge in [0.05, 0.1) is 0 Å². The first kappa shape index (κ1) is 14.0. The van der Waals surface area contributed by atoms with Gasteiger partial charge in [0.2, 0.25) is 0 Å². The summed E-state index contributed by atoms with van der Waals surface area (Å²) in [6.07, 6.45) is 1.63. The summed E-state index contributed by atoms with van der Waals surface area (Å²) >= 11 is 3.23. The molecule has 1 rings (SSSR count). The van der Waals surface area contributed by atoms with E-state index in [4.69, 9.17) is 0 Å². The molecule has 0 unspecified atom stereocenters. The van der Waals surface area contributed by atoms with Crippen molar-refractivity contribution in [2.24, 2.45) is 0 Å². The van der Waals surface area contributed by atoms with E-state index in [0.717, 1.165) is 18.2 Å². The summed E-state index contributed by atoms with van der Waals surface area (Å²) in [5.41, 5.74) is -0.222. The molecule has 1 amide bonds. The number of carbonyl (C=O) groups excluding carboxylic acids is 1. The van der Waals surface area contributed by atoms with Gasteiger partial charge in [0.15, 0.2) is 17.5 Å². The average Bonchev–Trinajstić information content (AvgIpc) is 2.30. The first-order valence-electron chi connectivity index (χ1n) is 5.05. The van der Waals surface area contributed by atoms with Gasteiger partial charge in [0.1, 0.15) is 0 Å². The normalized spacial score (nSPS) is 10.4. The van der Waals surface area contributed by atoms with Crippen LogP contribution in [0.15, 0.2) is 12.1 Å². The van der Waals surface area contributed by atoms with Crippen molar-refractivity contribution in [3.63, 3.8) is 0 Å². The van der Waals surface area contributed by atoms with Gasteiger partial charge in [0.25, 0.3) is 5.91 Å². The van der Waals surface area contributed by atoms with Crippen LogP contribution in [0, 0.1) is 17.5 Å². The number of hydrogen-bond acceptors (Lipinski definition) is 1. The van der Waals surface area contributed by atoms with Gasteiger partial charge in [-0.1, -0.05) is 15.9 Å². The molecule has 0 heterocycles. The largest absolute Gasteiger partial charge is 0.352 e. The number of halogens is 4. The van der Waals surface area contributed by atoms with Gasteiger partial charge in [-0.2, -0.15) is 0 Å². The Kier molecular flexibility index (Phi) is 5.47.